The number of benzene rings is 1. The molecule has 4 heteroatoms. The van der Waals surface area contributed by atoms with E-state index in [2.05, 4.69) is 70.0 Å². The van der Waals surface area contributed by atoms with E-state index in [-0.39, 0.29) is 0 Å². The van der Waals surface area contributed by atoms with E-state index in [9.17, 15) is 0 Å². The van der Waals surface area contributed by atoms with Crippen molar-refractivity contribution in [1.82, 2.24) is 19.4 Å². The summed E-state index contributed by atoms with van der Waals surface area (Å²) in [6.07, 6.45) is 5.63. The SMILES string of the molecule is Cc1c(CCc2ccc3cccnc3n2)nc2c3ccccc3ccn12. The summed E-state index contributed by atoms with van der Waals surface area (Å²) in [6, 6.07) is 18.7. The van der Waals surface area contributed by atoms with Gasteiger partial charge in [0, 0.05) is 34.6 Å². The summed E-state index contributed by atoms with van der Waals surface area (Å²) in [5.41, 5.74) is 5.22. The van der Waals surface area contributed by atoms with E-state index in [0.717, 1.165) is 40.9 Å². The lowest BCUT2D eigenvalue weighted by Gasteiger charge is -2.02. The largest absolute Gasteiger partial charge is 0.304 e. The molecule has 0 radical (unpaired) electrons. The van der Waals surface area contributed by atoms with Crippen LogP contribution in [0.2, 0.25) is 0 Å². The molecule has 126 valence electrons. The monoisotopic (exact) mass is 338 g/mol. The van der Waals surface area contributed by atoms with Gasteiger partial charge in [0.15, 0.2) is 5.65 Å². The highest BCUT2D eigenvalue weighted by molar-refractivity contribution is 5.94. The molecule has 0 spiro atoms. The van der Waals surface area contributed by atoms with E-state index in [1.54, 1.807) is 6.20 Å². The second-order valence-electron chi connectivity index (χ2n) is 6.59. The summed E-state index contributed by atoms with van der Waals surface area (Å²) >= 11 is 0. The van der Waals surface area contributed by atoms with Crippen LogP contribution < -0.4 is 0 Å². The summed E-state index contributed by atoms with van der Waals surface area (Å²) in [4.78, 5) is 14.0. The van der Waals surface area contributed by atoms with Crippen molar-refractivity contribution in [3.05, 3.63) is 84.1 Å². The molecule has 0 aliphatic rings. The molecule has 0 unspecified atom stereocenters. The predicted molar refractivity (Wildman–Crippen MR) is 104 cm³/mol. The summed E-state index contributed by atoms with van der Waals surface area (Å²) in [5.74, 6) is 0. The number of aromatic nitrogens is 4. The Morgan fingerprint density at radius 1 is 0.846 bits per heavy atom. The van der Waals surface area contributed by atoms with Gasteiger partial charge in [-0.1, -0.05) is 24.3 Å². The van der Waals surface area contributed by atoms with Gasteiger partial charge in [-0.3, -0.25) is 0 Å². The third-order valence-electron chi connectivity index (χ3n) is 4.99. The van der Waals surface area contributed by atoms with Crippen LogP contribution in [0.1, 0.15) is 17.1 Å². The van der Waals surface area contributed by atoms with Crippen molar-refractivity contribution in [2.45, 2.75) is 19.8 Å². The minimum atomic E-state index is 0.808. The Morgan fingerprint density at radius 2 is 1.73 bits per heavy atom. The molecule has 0 N–H and O–H groups in total. The van der Waals surface area contributed by atoms with Gasteiger partial charge < -0.3 is 4.40 Å². The summed E-state index contributed by atoms with van der Waals surface area (Å²) in [6.45, 7) is 2.14. The lowest BCUT2D eigenvalue weighted by molar-refractivity contribution is 0.882. The Hall–Kier alpha value is -3.27. The molecule has 4 nitrogen and oxygen atoms in total. The van der Waals surface area contributed by atoms with E-state index < -0.39 is 0 Å². The minimum absolute atomic E-state index is 0.808. The lowest BCUT2D eigenvalue weighted by atomic mass is 10.1. The van der Waals surface area contributed by atoms with Gasteiger partial charge in [-0.05, 0) is 55.5 Å². The number of nitrogens with zero attached hydrogens (tertiary/aromatic N) is 4. The predicted octanol–water partition coefficient (Wildman–Crippen LogP) is 4.52. The van der Waals surface area contributed by atoms with Crippen LogP contribution in [-0.4, -0.2) is 19.4 Å². The van der Waals surface area contributed by atoms with Crippen molar-refractivity contribution < 1.29 is 0 Å². The van der Waals surface area contributed by atoms with Crippen molar-refractivity contribution in [3.8, 4) is 0 Å². The average molecular weight is 338 g/mol. The van der Waals surface area contributed by atoms with E-state index in [4.69, 9.17) is 4.98 Å². The maximum absolute atomic E-state index is 4.94. The molecule has 0 bridgehead atoms. The zero-order valence-corrected chi connectivity index (χ0v) is 14.6. The van der Waals surface area contributed by atoms with Crippen LogP contribution in [0.15, 0.2) is 67.0 Å². The van der Waals surface area contributed by atoms with Crippen LogP contribution in [0.4, 0.5) is 0 Å². The van der Waals surface area contributed by atoms with Gasteiger partial charge in [-0.25, -0.2) is 15.0 Å². The van der Waals surface area contributed by atoms with Crippen LogP contribution in [0.25, 0.3) is 27.5 Å². The molecule has 0 aliphatic heterocycles. The van der Waals surface area contributed by atoms with Crippen molar-refractivity contribution >= 4 is 27.5 Å². The molecule has 0 atom stereocenters. The number of rotatable bonds is 3. The fraction of sp³-hybridized carbons (Fsp3) is 0.136. The van der Waals surface area contributed by atoms with Gasteiger partial charge in [0.05, 0.1) is 5.69 Å². The van der Waals surface area contributed by atoms with Crippen LogP contribution in [0.3, 0.4) is 0 Å². The Kier molecular flexibility index (Phi) is 3.42. The van der Waals surface area contributed by atoms with Crippen LogP contribution >= 0.6 is 0 Å². The van der Waals surface area contributed by atoms with Gasteiger partial charge in [-0.15, -0.1) is 0 Å². The van der Waals surface area contributed by atoms with Crippen LogP contribution in [0, 0.1) is 6.92 Å². The second-order valence-corrected chi connectivity index (χ2v) is 6.59. The van der Waals surface area contributed by atoms with Crippen LogP contribution in [-0.2, 0) is 12.8 Å². The molecule has 0 fully saturated rings. The molecular weight excluding hydrogens is 320 g/mol. The third-order valence-corrected chi connectivity index (χ3v) is 4.99. The Bertz CT molecular complexity index is 1250. The number of fused-ring (bicyclic) bond motifs is 4. The molecule has 0 saturated heterocycles. The lowest BCUT2D eigenvalue weighted by Crippen LogP contribution is -1.98. The standard InChI is InChI=1S/C22H18N4/c1-15-20(11-10-18-9-8-17-6-4-13-23-21(17)24-18)25-22-19-7-3-2-5-16(19)12-14-26(15)22/h2-9,12-14H,10-11H2,1H3. The van der Waals surface area contributed by atoms with Gasteiger partial charge in [0.2, 0.25) is 0 Å². The molecule has 0 aliphatic carbocycles. The van der Waals surface area contributed by atoms with E-state index in [1.165, 1.54) is 16.5 Å². The van der Waals surface area contributed by atoms with Crippen molar-refractivity contribution in [2.75, 3.05) is 0 Å². The molecule has 4 heterocycles. The van der Waals surface area contributed by atoms with Crippen molar-refractivity contribution in [3.63, 3.8) is 0 Å². The summed E-state index contributed by atoms with van der Waals surface area (Å²) < 4.78 is 2.19. The molecule has 5 rings (SSSR count). The van der Waals surface area contributed by atoms with Crippen LogP contribution in [0.5, 0.6) is 0 Å². The first-order valence-electron chi connectivity index (χ1n) is 8.85. The number of hydrogen-bond acceptors (Lipinski definition) is 3. The van der Waals surface area contributed by atoms with Gasteiger partial charge in [0.25, 0.3) is 0 Å². The molecule has 26 heavy (non-hydrogen) atoms. The van der Waals surface area contributed by atoms with E-state index >= 15 is 0 Å². The Morgan fingerprint density at radius 3 is 2.69 bits per heavy atom. The zero-order valence-electron chi connectivity index (χ0n) is 14.6. The van der Waals surface area contributed by atoms with Crippen molar-refractivity contribution in [1.29, 1.82) is 0 Å². The van der Waals surface area contributed by atoms with E-state index in [1.807, 2.05) is 12.1 Å². The fourth-order valence-electron chi connectivity index (χ4n) is 3.55. The molecule has 5 aromatic rings. The van der Waals surface area contributed by atoms with Gasteiger partial charge >= 0.3 is 0 Å². The first kappa shape index (κ1) is 15.0. The fourth-order valence-corrected chi connectivity index (χ4v) is 3.55. The maximum Gasteiger partial charge on any atom is 0.159 e. The maximum atomic E-state index is 4.94. The van der Waals surface area contributed by atoms with Gasteiger partial charge in [-0.2, -0.15) is 0 Å². The number of aryl methyl sites for hydroxylation is 3. The highest BCUT2D eigenvalue weighted by Crippen LogP contribution is 2.22. The third kappa shape index (κ3) is 2.42. The number of imidazole rings is 1. The average Bonchev–Trinajstić information content (AvgIpc) is 3.02. The first-order valence-corrected chi connectivity index (χ1v) is 8.85. The van der Waals surface area contributed by atoms with Gasteiger partial charge in [0.1, 0.15) is 5.65 Å². The normalized spacial score (nSPS) is 11.6. The first-order chi connectivity index (χ1) is 12.8. The highest BCUT2D eigenvalue weighted by atomic mass is 15.0. The topological polar surface area (TPSA) is 43.1 Å². The Balaban J connectivity index is 1.50. The number of hydrogen-bond donors (Lipinski definition) is 0. The summed E-state index contributed by atoms with van der Waals surface area (Å²) in [5, 5.41) is 3.49. The Labute approximate surface area is 151 Å². The number of pyridine rings is 3. The summed E-state index contributed by atoms with van der Waals surface area (Å²) in [7, 11) is 0. The zero-order chi connectivity index (χ0) is 17.5. The van der Waals surface area contributed by atoms with Crippen molar-refractivity contribution in [2.24, 2.45) is 0 Å². The molecule has 0 amide bonds. The molecule has 1 aromatic carbocycles. The molecular formula is C22H18N4. The van der Waals surface area contributed by atoms with E-state index in [0.29, 0.717) is 0 Å². The minimum Gasteiger partial charge on any atom is -0.304 e. The second kappa shape index (κ2) is 5.92. The highest BCUT2D eigenvalue weighted by Gasteiger charge is 2.11. The quantitative estimate of drug-likeness (QED) is 0.485. The molecule has 0 saturated carbocycles. The molecule has 4 aromatic heterocycles. The smallest absolute Gasteiger partial charge is 0.159 e.